The van der Waals surface area contributed by atoms with Gasteiger partial charge in [0, 0.05) is 11.4 Å². The van der Waals surface area contributed by atoms with Gasteiger partial charge in [-0.15, -0.1) is 5.10 Å². The van der Waals surface area contributed by atoms with Crippen LogP contribution in [0.15, 0.2) is 30.5 Å². The molecule has 0 spiro atoms. The summed E-state index contributed by atoms with van der Waals surface area (Å²) in [6, 6.07) is 7.71. The quantitative estimate of drug-likeness (QED) is 0.875. The Morgan fingerprint density at radius 3 is 2.69 bits per heavy atom. The highest BCUT2D eigenvalue weighted by molar-refractivity contribution is 6.30. The summed E-state index contributed by atoms with van der Waals surface area (Å²) in [4.78, 5) is 0. The number of hydrogen-bond donors (Lipinski definition) is 1. The fourth-order valence-electron chi connectivity index (χ4n) is 1.52. The van der Waals surface area contributed by atoms with Crippen LogP contribution in [-0.2, 0) is 13.0 Å². The highest BCUT2D eigenvalue weighted by Gasteiger charge is 2.03. The summed E-state index contributed by atoms with van der Waals surface area (Å²) in [6.07, 6.45) is 2.55. The van der Waals surface area contributed by atoms with E-state index in [0.717, 1.165) is 22.7 Å². The van der Waals surface area contributed by atoms with Crippen molar-refractivity contribution in [1.82, 2.24) is 15.0 Å². The molecule has 0 aliphatic carbocycles. The zero-order valence-electron chi connectivity index (χ0n) is 8.81. The van der Waals surface area contributed by atoms with Crippen molar-refractivity contribution in [3.8, 4) is 0 Å². The van der Waals surface area contributed by atoms with Crippen LogP contribution in [0.5, 0.6) is 0 Å². The second-order valence-electron chi connectivity index (χ2n) is 3.55. The van der Waals surface area contributed by atoms with Gasteiger partial charge < -0.3 is 5.73 Å². The molecule has 0 fully saturated rings. The first kappa shape index (κ1) is 11.1. The summed E-state index contributed by atoms with van der Waals surface area (Å²) < 4.78 is 1.86. The molecular weight excluding hydrogens is 224 g/mol. The molecule has 0 atom stereocenters. The molecule has 0 unspecified atom stereocenters. The first-order valence-electron chi connectivity index (χ1n) is 5.11. The molecule has 1 aromatic carbocycles. The van der Waals surface area contributed by atoms with Gasteiger partial charge in [-0.2, -0.15) is 0 Å². The Kier molecular flexibility index (Phi) is 3.54. The van der Waals surface area contributed by atoms with Gasteiger partial charge in [-0.25, -0.2) is 4.68 Å². The maximum atomic E-state index is 5.82. The van der Waals surface area contributed by atoms with Gasteiger partial charge >= 0.3 is 0 Å². The molecule has 0 aliphatic heterocycles. The largest absolute Gasteiger partial charge is 0.330 e. The number of hydrogen-bond acceptors (Lipinski definition) is 3. The normalized spacial score (nSPS) is 10.6. The molecule has 5 heteroatoms. The lowest BCUT2D eigenvalue weighted by atomic mass is 10.2. The van der Waals surface area contributed by atoms with Crippen LogP contribution in [-0.4, -0.2) is 21.5 Å². The van der Waals surface area contributed by atoms with E-state index in [1.807, 2.05) is 28.9 Å². The van der Waals surface area contributed by atoms with E-state index < -0.39 is 0 Å². The SMILES string of the molecule is NCCc1cnnn1Cc1ccc(Cl)cc1. The Balaban J connectivity index is 2.13. The van der Waals surface area contributed by atoms with Gasteiger partial charge in [0.1, 0.15) is 0 Å². The zero-order chi connectivity index (χ0) is 11.4. The van der Waals surface area contributed by atoms with E-state index in [9.17, 15) is 0 Å². The maximum absolute atomic E-state index is 5.82. The Morgan fingerprint density at radius 2 is 2.00 bits per heavy atom. The molecule has 0 saturated carbocycles. The summed E-state index contributed by atoms with van der Waals surface area (Å²) >= 11 is 5.82. The second kappa shape index (κ2) is 5.09. The number of aromatic nitrogens is 3. The van der Waals surface area contributed by atoms with Crippen LogP contribution in [0.1, 0.15) is 11.3 Å². The molecule has 0 radical (unpaired) electrons. The van der Waals surface area contributed by atoms with Crippen molar-refractivity contribution < 1.29 is 0 Å². The zero-order valence-corrected chi connectivity index (χ0v) is 9.56. The van der Waals surface area contributed by atoms with Crippen LogP contribution in [0.25, 0.3) is 0 Å². The van der Waals surface area contributed by atoms with Crippen LogP contribution in [0.2, 0.25) is 5.02 Å². The van der Waals surface area contributed by atoms with E-state index in [-0.39, 0.29) is 0 Å². The highest BCUT2D eigenvalue weighted by atomic mass is 35.5. The molecule has 1 aromatic heterocycles. The van der Waals surface area contributed by atoms with Crippen LogP contribution in [0.4, 0.5) is 0 Å². The molecule has 4 nitrogen and oxygen atoms in total. The van der Waals surface area contributed by atoms with E-state index in [1.54, 1.807) is 6.20 Å². The minimum atomic E-state index is 0.605. The van der Waals surface area contributed by atoms with E-state index in [2.05, 4.69) is 10.3 Å². The standard InChI is InChI=1S/C11H13ClN4/c12-10-3-1-9(2-4-10)8-16-11(5-6-13)7-14-15-16/h1-4,7H,5-6,8,13H2. The highest BCUT2D eigenvalue weighted by Crippen LogP contribution is 2.11. The van der Waals surface area contributed by atoms with E-state index >= 15 is 0 Å². The maximum Gasteiger partial charge on any atom is 0.0725 e. The van der Waals surface area contributed by atoms with Crippen molar-refractivity contribution >= 4 is 11.6 Å². The second-order valence-corrected chi connectivity index (χ2v) is 3.98. The van der Waals surface area contributed by atoms with Crippen molar-refractivity contribution in [2.45, 2.75) is 13.0 Å². The van der Waals surface area contributed by atoms with Crippen LogP contribution < -0.4 is 5.73 Å². The van der Waals surface area contributed by atoms with Crippen molar-refractivity contribution in [2.24, 2.45) is 5.73 Å². The predicted octanol–water partition coefficient (Wildman–Crippen LogP) is 1.48. The molecule has 0 amide bonds. The average Bonchev–Trinajstić information content (AvgIpc) is 2.70. The number of nitrogens with zero attached hydrogens (tertiary/aromatic N) is 3. The first-order chi connectivity index (χ1) is 7.79. The molecule has 0 bridgehead atoms. The summed E-state index contributed by atoms with van der Waals surface area (Å²) in [5.41, 5.74) is 7.72. The molecule has 1 heterocycles. The van der Waals surface area contributed by atoms with Gasteiger partial charge in [0.25, 0.3) is 0 Å². The number of rotatable bonds is 4. The smallest absolute Gasteiger partial charge is 0.0725 e. The van der Waals surface area contributed by atoms with Crippen LogP contribution in [0, 0.1) is 0 Å². The molecule has 16 heavy (non-hydrogen) atoms. The Morgan fingerprint density at radius 1 is 1.25 bits per heavy atom. The summed E-state index contributed by atoms with van der Waals surface area (Å²) in [7, 11) is 0. The van der Waals surface area contributed by atoms with Gasteiger partial charge in [0.05, 0.1) is 18.4 Å². The Bertz CT molecular complexity index is 449. The third kappa shape index (κ3) is 2.59. The minimum Gasteiger partial charge on any atom is -0.330 e. The monoisotopic (exact) mass is 236 g/mol. The first-order valence-corrected chi connectivity index (χ1v) is 5.49. The topological polar surface area (TPSA) is 56.7 Å². The average molecular weight is 237 g/mol. The van der Waals surface area contributed by atoms with Crippen LogP contribution in [0.3, 0.4) is 0 Å². The van der Waals surface area contributed by atoms with Crippen molar-refractivity contribution in [1.29, 1.82) is 0 Å². The van der Waals surface area contributed by atoms with Crippen molar-refractivity contribution in [3.05, 3.63) is 46.7 Å². The third-order valence-corrected chi connectivity index (χ3v) is 2.60. The van der Waals surface area contributed by atoms with Gasteiger partial charge in [-0.1, -0.05) is 28.9 Å². The Labute approximate surface area is 99.0 Å². The fourth-order valence-corrected chi connectivity index (χ4v) is 1.64. The van der Waals surface area contributed by atoms with E-state index in [0.29, 0.717) is 13.1 Å². The molecule has 0 aliphatic rings. The number of nitrogens with two attached hydrogens (primary N) is 1. The molecule has 0 saturated heterocycles. The van der Waals surface area contributed by atoms with Crippen molar-refractivity contribution in [2.75, 3.05) is 6.54 Å². The number of halogens is 1. The van der Waals surface area contributed by atoms with Crippen LogP contribution >= 0.6 is 11.6 Å². The third-order valence-electron chi connectivity index (χ3n) is 2.34. The lowest BCUT2D eigenvalue weighted by molar-refractivity contribution is 0.617. The van der Waals surface area contributed by atoms with Gasteiger partial charge in [0.2, 0.25) is 0 Å². The van der Waals surface area contributed by atoms with Gasteiger partial charge in [-0.3, -0.25) is 0 Å². The molecule has 84 valence electrons. The molecule has 2 rings (SSSR count). The lowest BCUT2D eigenvalue weighted by Gasteiger charge is -2.05. The van der Waals surface area contributed by atoms with E-state index in [4.69, 9.17) is 17.3 Å². The van der Waals surface area contributed by atoms with Gasteiger partial charge in [0.15, 0.2) is 0 Å². The summed E-state index contributed by atoms with van der Waals surface area (Å²) in [5.74, 6) is 0. The van der Waals surface area contributed by atoms with Crippen molar-refractivity contribution in [3.63, 3.8) is 0 Å². The lowest BCUT2D eigenvalue weighted by Crippen LogP contribution is -2.11. The summed E-state index contributed by atoms with van der Waals surface area (Å²) in [5, 5.41) is 8.66. The summed E-state index contributed by atoms with van der Waals surface area (Å²) in [6.45, 7) is 1.31. The molecular formula is C11H13ClN4. The van der Waals surface area contributed by atoms with E-state index in [1.165, 1.54) is 0 Å². The number of benzene rings is 1. The molecule has 2 aromatic rings. The molecule has 2 N–H and O–H groups in total. The van der Waals surface area contributed by atoms with Gasteiger partial charge in [-0.05, 0) is 24.2 Å². The Hall–Kier alpha value is -1.39. The fraction of sp³-hybridized carbons (Fsp3) is 0.273. The predicted molar refractivity (Wildman–Crippen MR) is 63.3 cm³/mol. The minimum absolute atomic E-state index is 0.605.